The predicted molar refractivity (Wildman–Crippen MR) is 125 cm³/mol. The number of carbonyl (C=O) groups is 2. The maximum Gasteiger partial charge on any atom is 0.337 e. The number of carbonyl (C=O) groups excluding carboxylic acids is 2. The van der Waals surface area contributed by atoms with Crippen LogP contribution in [0.1, 0.15) is 27.2 Å². The van der Waals surface area contributed by atoms with Gasteiger partial charge in [-0.2, -0.15) is 0 Å². The van der Waals surface area contributed by atoms with Gasteiger partial charge >= 0.3 is 5.97 Å². The lowest BCUT2D eigenvalue weighted by molar-refractivity contribution is -0.115. The Kier molecular flexibility index (Phi) is 6.16. The number of hydrogen-bond acceptors (Lipinski definition) is 4. The van der Waals surface area contributed by atoms with E-state index < -0.39 is 5.97 Å². The number of nitrogens with one attached hydrogen (secondary N) is 1. The summed E-state index contributed by atoms with van der Waals surface area (Å²) >= 11 is 6.23. The van der Waals surface area contributed by atoms with E-state index in [0.29, 0.717) is 38.9 Å². The summed E-state index contributed by atoms with van der Waals surface area (Å²) in [6, 6.07) is 13.1. The molecule has 0 fully saturated rings. The second-order valence-electron chi connectivity index (χ2n) is 7.72. The summed E-state index contributed by atoms with van der Waals surface area (Å²) in [6.45, 7) is 3.63. The molecule has 0 bridgehead atoms. The standard InChI is InChI=1S/C25H21ClFN3O3/c1-14-4-9-22-29-24(16-6-8-19(27)15(2)10-16)21(30(22)13-14)12-23(31)28-20-11-17(25(32)33-3)5-7-18(20)26/h4-11,13H,12H2,1-3H3,(H,28,31). The number of imidazole rings is 1. The Hall–Kier alpha value is -3.71. The first kappa shape index (κ1) is 22.5. The summed E-state index contributed by atoms with van der Waals surface area (Å²) < 4.78 is 20.4. The molecule has 0 spiro atoms. The number of halogens is 2. The number of amides is 1. The van der Waals surface area contributed by atoms with Crippen LogP contribution in [0, 0.1) is 19.7 Å². The Bertz CT molecular complexity index is 1400. The van der Waals surface area contributed by atoms with Crippen LogP contribution in [0.3, 0.4) is 0 Å². The molecule has 0 aliphatic carbocycles. The van der Waals surface area contributed by atoms with E-state index in [1.807, 2.05) is 29.7 Å². The number of anilines is 1. The Morgan fingerprint density at radius 1 is 1.12 bits per heavy atom. The molecule has 4 rings (SSSR count). The molecule has 6 nitrogen and oxygen atoms in total. The van der Waals surface area contributed by atoms with Crippen molar-refractivity contribution >= 4 is 34.8 Å². The molecule has 1 amide bonds. The average molecular weight is 466 g/mol. The molecule has 2 aromatic carbocycles. The van der Waals surface area contributed by atoms with Gasteiger partial charge in [-0.15, -0.1) is 0 Å². The molecule has 0 saturated heterocycles. The number of benzene rings is 2. The molecule has 1 N–H and O–H groups in total. The molecule has 2 aromatic heterocycles. The predicted octanol–water partition coefficient (Wildman–Crippen LogP) is 5.38. The van der Waals surface area contributed by atoms with Crippen LogP contribution in [0.4, 0.5) is 10.1 Å². The third-order valence-electron chi connectivity index (χ3n) is 5.29. The highest BCUT2D eigenvalue weighted by Crippen LogP contribution is 2.28. The van der Waals surface area contributed by atoms with Crippen LogP contribution in [-0.2, 0) is 16.0 Å². The number of rotatable bonds is 5. The van der Waals surface area contributed by atoms with Crippen LogP contribution in [0.15, 0.2) is 54.7 Å². The topological polar surface area (TPSA) is 72.7 Å². The molecule has 168 valence electrons. The van der Waals surface area contributed by atoms with Crippen molar-refractivity contribution < 1.29 is 18.7 Å². The fraction of sp³-hybridized carbons (Fsp3) is 0.160. The lowest BCUT2D eigenvalue weighted by Gasteiger charge is -2.10. The van der Waals surface area contributed by atoms with Gasteiger partial charge in [0.1, 0.15) is 11.5 Å². The smallest absolute Gasteiger partial charge is 0.337 e. The van der Waals surface area contributed by atoms with Crippen molar-refractivity contribution in [3.05, 3.63) is 88.0 Å². The van der Waals surface area contributed by atoms with Crippen LogP contribution in [0.5, 0.6) is 0 Å². The minimum Gasteiger partial charge on any atom is -0.465 e. The van der Waals surface area contributed by atoms with Gasteiger partial charge in [0.25, 0.3) is 0 Å². The summed E-state index contributed by atoms with van der Waals surface area (Å²) in [5, 5.41) is 3.06. The summed E-state index contributed by atoms with van der Waals surface area (Å²) in [7, 11) is 1.28. The number of ether oxygens (including phenoxy) is 1. The van der Waals surface area contributed by atoms with Crippen molar-refractivity contribution in [1.29, 1.82) is 0 Å². The van der Waals surface area contributed by atoms with Crippen molar-refractivity contribution in [2.24, 2.45) is 0 Å². The van der Waals surface area contributed by atoms with Crippen LogP contribution < -0.4 is 5.32 Å². The first-order valence-electron chi connectivity index (χ1n) is 10.2. The van der Waals surface area contributed by atoms with Crippen molar-refractivity contribution in [3.63, 3.8) is 0 Å². The first-order chi connectivity index (χ1) is 15.8. The minimum atomic E-state index is -0.534. The number of esters is 1. The zero-order chi connectivity index (χ0) is 23.7. The second-order valence-corrected chi connectivity index (χ2v) is 8.12. The number of aromatic nitrogens is 2. The molecular formula is C25H21ClFN3O3. The van der Waals surface area contributed by atoms with Gasteiger partial charge in [-0.05, 0) is 67.4 Å². The summed E-state index contributed by atoms with van der Waals surface area (Å²) in [4.78, 5) is 29.6. The zero-order valence-corrected chi connectivity index (χ0v) is 19.0. The van der Waals surface area contributed by atoms with Gasteiger partial charge in [0.05, 0.1) is 41.2 Å². The first-order valence-corrected chi connectivity index (χ1v) is 10.6. The van der Waals surface area contributed by atoms with Gasteiger partial charge in [-0.25, -0.2) is 14.2 Å². The summed E-state index contributed by atoms with van der Waals surface area (Å²) in [5.74, 6) is -1.19. The lowest BCUT2D eigenvalue weighted by atomic mass is 10.1. The Labute approximate surface area is 195 Å². The van der Waals surface area contributed by atoms with Crippen LogP contribution >= 0.6 is 11.6 Å². The van der Waals surface area contributed by atoms with E-state index in [-0.39, 0.29) is 23.7 Å². The molecule has 2 heterocycles. The maximum atomic E-state index is 13.8. The van der Waals surface area contributed by atoms with Gasteiger partial charge in [-0.1, -0.05) is 17.7 Å². The Balaban J connectivity index is 1.72. The number of fused-ring (bicyclic) bond motifs is 1. The molecule has 4 aromatic rings. The maximum absolute atomic E-state index is 13.8. The zero-order valence-electron chi connectivity index (χ0n) is 18.3. The van der Waals surface area contributed by atoms with E-state index in [1.165, 1.54) is 31.4 Å². The van der Waals surface area contributed by atoms with Crippen molar-refractivity contribution in [3.8, 4) is 11.3 Å². The monoisotopic (exact) mass is 465 g/mol. The molecule has 0 atom stereocenters. The number of aryl methyl sites for hydroxylation is 2. The highest BCUT2D eigenvalue weighted by Gasteiger charge is 2.19. The quantitative estimate of drug-likeness (QED) is 0.402. The van der Waals surface area contributed by atoms with E-state index in [0.717, 1.165) is 5.56 Å². The Morgan fingerprint density at radius 3 is 2.64 bits per heavy atom. The third-order valence-corrected chi connectivity index (χ3v) is 5.62. The van der Waals surface area contributed by atoms with Crippen LogP contribution in [-0.4, -0.2) is 28.4 Å². The molecule has 0 radical (unpaired) electrons. The van der Waals surface area contributed by atoms with Crippen molar-refractivity contribution in [2.45, 2.75) is 20.3 Å². The van der Waals surface area contributed by atoms with Crippen molar-refractivity contribution in [2.75, 3.05) is 12.4 Å². The SMILES string of the molecule is COC(=O)c1ccc(Cl)c(NC(=O)Cc2c(-c3ccc(F)c(C)c3)nc3ccc(C)cn23)c1. The van der Waals surface area contributed by atoms with E-state index in [9.17, 15) is 14.0 Å². The molecule has 0 aliphatic heterocycles. The largest absolute Gasteiger partial charge is 0.465 e. The number of nitrogens with zero attached hydrogens (tertiary/aromatic N) is 2. The third kappa shape index (κ3) is 4.59. The summed E-state index contributed by atoms with van der Waals surface area (Å²) in [6.07, 6.45) is 1.88. The van der Waals surface area contributed by atoms with Crippen LogP contribution in [0.2, 0.25) is 5.02 Å². The second kappa shape index (κ2) is 9.03. The highest BCUT2D eigenvalue weighted by atomic mass is 35.5. The average Bonchev–Trinajstić information content (AvgIpc) is 3.14. The van der Waals surface area contributed by atoms with E-state index in [2.05, 4.69) is 5.32 Å². The molecule has 33 heavy (non-hydrogen) atoms. The van der Waals surface area contributed by atoms with Gasteiger partial charge in [0, 0.05) is 11.8 Å². The van der Waals surface area contributed by atoms with E-state index >= 15 is 0 Å². The minimum absolute atomic E-state index is 0.0187. The Morgan fingerprint density at radius 2 is 1.91 bits per heavy atom. The highest BCUT2D eigenvalue weighted by molar-refractivity contribution is 6.33. The van der Waals surface area contributed by atoms with Gasteiger partial charge in [-0.3, -0.25) is 4.79 Å². The fourth-order valence-electron chi connectivity index (χ4n) is 3.60. The fourth-order valence-corrected chi connectivity index (χ4v) is 3.77. The molecule has 0 unspecified atom stereocenters. The number of hydrogen-bond donors (Lipinski definition) is 1. The normalized spacial score (nSPS) is 10.9. The lowest BCUT2D eigenvalue weighted by Crippen LogP contribution is -2.17. The number of methoxy groups -OCH3 is 1. The van der Waals surface area contributed by atoms with Crippen LogP contribution in [0.25, 0.3) is 16.9 Å². The van der Waals surface area contributed by atoms with Gasteiger partial charge < -0.3 is 14.5 Å². The molecule has 0 aliphatic rings. The van der Waals surface area contributed by atoms with Crippen molar-refractivity contribution in [1.82, 2.24) is 9.38 Å². The molecule has 0 saturated carbocycles. The van der Waals surface area contributed by atoms with Gasteiger partial charge in [0.15, 0.2) is 0 Å². The van der Waals surface area contributed by atoms with E-state index in [4.69, 9.17) is 21.3 Å². The molecule has 8 heteroatoms. The molecular weight excluding hydrogens is 445 g/mol. The summed E-state index contributed by atoms with van der Waals surface area (Å²) in [5.41, 5.74) is 4.68. The number of pyridine rings is 1. The van der Waals surface area contributed by atoms with Gasteiger partial charge in [0.2, 0.25) is 5.91 Å². The van der Waals surface area contributed by atoms with E-state index in [1.54, 1.807) is 19.1 Å².